The van der Waals surface area contributed by atoms with Gasteiger partial charge in [-0.25, -0.2) is 0 Å². The molecule has 0 aliphatic carbocycles. The van der Waals surface area contributed by atoms with Gasteiger partial charge in [-0.2, -0.15) is 5.10 Å². The van der Waals surface area contributed by atoms with E-state index in [9.17, 15) is 9.59 Å². The fourth-order valence-electron chi connectivity index (χ4n) is 3.78. The lowest BCUT2D eigenvalue weighted by Gasteiger charge is -2.42. The van der Waals surface area contributed by atoms with E-state index in [1.54, 1.807) is 10.9 Å². The molecular weight excluding hydrogens is 354 g/mol. The van der Waals surface area contributed by atoms with Gasteiger partial charge in [-0.3, -0.25) is 19.2 Å². The number of aryl methyl sites for hydroxylation is 1. The molecular formula is C21H29N5O2. The standard InChI is InChI=1S/C21H29N5O2/c1-17(27)24-21(16-22-20(28)12-19-13-23-25(2)14-19)8-10-26(11-9-21)15-18-6-4-3-5-7-18/h3-7,13-14H,8-12,15-16H2,1-2H3,(H,22,28)(H,24,27). The number of carbonyl (C=O) groups is 2. The quantitative estimate of drug-likeness (QED) is 0.754. The molecule has 2 heterocycles. The molecule has 0 atom stereocenters. The number of piperidine rings is 1. The first kappa shape index (κ1) is 20.1. The molecule has 1 aliphatic rings. The van der Waals surface area contributed by atoms with Crippen LogP contribution in [0.2, 0.25) is 0 Å². The Balaban J connectivity index is 1.54. The van der Waals surface area contributed by atoms with Crippen molar-refractivity contribution in [2.75, 3.05) is 19.6 Å². The summed E-state index contributed by atoms with van der Waals surface area (Å²) in [6.07, 6.45) is 5.46. The number of hydrogen-bond acceptors (Lipinski definition) is 4. The molecule has 3 rings (SSSR count). The van der Waals surface area contributed by atoms with Crippen LogP contribution in [-0.4, -0.2) is 51.7 Å². The number of benzene rings is 1. The molecule has 0 unspecified atom stereocenters. The van der Waals surface area contributed by atoms with E-state index in [0.29, 0.717) is 13.0 Å². The van der Waals surface area contributed by atoms with Gasteiger partial charge in [0.25, 0.3) is 0 Å². The van der Waals surface area contributed by atoms with Crippen molar-refractivity contribution in [1.29, 1.82) is 0 Å². The molecule has 150 valence electrons. The number of likely N-dealkylation sites (tertiary alicyclic amines) is 1. The molecule has 1 aliphatic heterocycles. The van der Waals surface area contributed by atoms with Crippen molar-refractivity contribution in [2.24, 2.45) is 7.05 Å². The molecule has 28 heavy (non-hydrogen) atoms. The first-order valence-corrected chi connectivity index (χ1v) is 9.73. The largest absolute Gasteiger partial charge is 0.353 e. The Labute approximate surface area is 166 Å². The lowest BCUT2D eigenvalue weighted by atomic mass is 9.86. The monoisotopic (exact) mass is 383 g/mol. The maximum atomic E-state index is 12.3. The highest BCUT2D eigenvalue weighted by atomic mass is 16.2. The average Bonchev–Trinajstić information content (AvgIpc) is 3.07. The fraction of sp³-hybridized carbons (Fsp3) is 0.476. The summed E-state index contributed by atoms with van der Waals surface area (Å²) in [7, 11) is 1.83. The molecule has 0 radical (unpaired) electrons. The number of hydrogen-bond donors (Lipinski definition) is 2. The van der Waals surface area contributed by atoms with Gasteiger partial charge >= 0.3 is 0 Å². The van der Waals surface area contributed by atoms with Gasteiger partial charge in [-0.05, 0) is 24.0 Å². The minimum Gasteiger partial charge on any atom is -0.353 e. The van der Waals surface area contributed by atoms with E-state index in [0.717, 1.165) is 38.0 Å². The zero-order valence-corrected chi connectivity index (χ0v) is 16.6. The molecule has 2 amide bonds. The van der Waals surface area contributed by atoms with Crippen LogP contribution in [0.5, 0.6) is 0 Å². The lowest BCUT2D eigenvalue weighted by Crippen LogP contribution is -2.60. The molecule has 1 saturated heterocycles. The Morgan fingerprint density at radius 3 is 2.46 bits per heavy atom. The Kier molecular flexibility index (Phi) is 6.46. The van der Waals surface area contributed by atoms with Gasteiger partial charge < -0.3 is 10.6 Å². The van der Waals surface area contributed by atoms with Crippen molar-refractivity contribution in [3.05, 3.63) is 53.9 Å². The number of nitrogens with one attached hydrogen (secondary N) is 2. The van der Waals surface area contributed by atoms with Crippen LogP contribution < -0.4 is 10.6 Å². The van der Waals surface area contributed by atoms with E-state index in [4.69, 9.17) is 0 Å². The molecule has 2 N–H and O–H groups in total. The van der Waals surface area contributed by atoms with Crippen LogP contribution in [0.1, 0.15) is 30.9 Å². The number of rotatable bonds is 7. The third-order valence-corrected chi connectivity index (χ3v) is 5.25. The first-order chi connectivity index (χ1) is 13.4. The Morgan fingerprint density at radius 2 is 1.86 bits per heavy atom. The second-order valence-electron chi connectivity index (χ2n) is 7.70. The number of amides is 2. The third-order valence-electron chi connectivity index (χ3n) is 5.25. The maximum absolute atomic E-state index is 12.3. The van der Waals surface area contributed by atoms with Crippen molar-refractivity contribution in [3.8, 4) is 0 Å². The summed E-state index contributed by atoms with van der Waals surface area (Å²) in [6.45, 7) is 4.66. The van der Waals surface area contributed by atoms with E-state index in [-0.39, 0.29) is 17.4 Å². The van der Waals surface area contributed by atoms with Crippen molar-refractivity contribution < 1.29 is 9.59 Å². The molecule has 0 bridgehead atoms. The van der Waals surface area contributed by atoms with Crippen LogP contribution in [-0.2, 0) is 29.6 Å². The number of carbonyl (C=O) groups excluding carboxylic acids is 2. The summed E-state index contributed by atoms with van der Waals surface area (Å²) >= 11 is 0. The minimum absolute atomic E-state index is 0.0514. The molecule has 1 aromatic heterocycles. The minimum atomic E-state index is -0.385. The highest BCUT2D eigenvalue weighted by Gasteiger charge is 2.35. The zero-order valence-electron chi connectivity index (χ0n) is 16.6. The predicted molar refractivity (Wildman–Crippen MR) is 107 cm³/mol. The predicted octanol–water partition coefficient (Wildman–Crippen LogP) is 1.25. The zero-order chi connectivity index (χ0) is 20.0. The van der Waals surface area contributed by atoms with E-state index < -0.39 is 0 Å². The first-order valence-electron chi connectivity index (χ1n) is 9.73. The van der Waals surface area contributed by atoms with Crippen LogP contribution in [0.25, 0.3) is 0 Å². The van der Waals surface area contributed by atoms with E-state index in [2.05, 4.69) is 44.9 Å². The third kappa shape index (κ3) is 5.66. The highest BCUT2D eigenvalue weighted by molar-refractivity contribution is 5.79. The van der Waals surface area contributed by atoms with Gasteiger partial charge in [0.15, 0.2) is 0 Å². The summed E-state index contributed by atoms with van der Waals surface area (Å²) in [6, 6.07) is 10.4. The Bertz CT molecular complexity index is 794. The van der Waals surface area contributed by atoms with Crippen molar-refractivity contribution in [2.45, 2.75) is 38.3 Å². The smallest absolute Gasteiger partial charge is 0.224 e. The number of aromatic nitrogens is 2. The van der Waals surface area contributed by atoms with E-state index in [1.165, 1.54) is 12.5 Å². The SMILES string of the molecule is CC(=O)NC1(CNC(=O)Cc2cnn(C)c2)CCN(Cc2ccccc2)CC1. The van der Waals surface area contributed by atoms with E-state index >= 15 is 0 Å². The second-order valence-corrected chi connectivity index (χ2v) is 7.70. The topological polar surface area (TPSA) is 79.3 Å². The maximum Gasteiger partial charge on any atom is 0.224 e. The van der Waals surface area contributed by atoms with Crippen LogP contribution in [0, 0.1) is 0 Å². The van der Waals surface area contributed by atoms with Gasteiger partial charge in [-0.1, -0.05) is 30.3 Å². The summed E-state index contributed by atoms with van der Waals surface area (Å²) in [5.74, 6) is -0.109. The Morgan fingerprint density at radius 1 is 1.14 bits per heavy atom. The van der Waals surface area contributed by atoms with Crippen molar-refractivity contribution >= 4 is 11.8 Å². The lowest BCUT2D eigenvalue weighted by molar-refractivity contribution is -0.124. The Hall–Kier alpha value is -2.67. The van der Waals surface area contributed by atoms with Crippen LogP contribution in [0.3, 0.4) is 0 Å². The molecule has 0 saturated carbocycles. The molecule has 7 nitrogen and oxygen atoms in total. The number of nitrogens with zero attached hydrogens (tertiary/aromatic N) is 3. The molecule has 7 heteroatoms. The van der Waals surface area contributed by atoms with Crippen molar-refractivity contribution in [1.82, 2.24) is 25.3 Å². The average molecular weight is 383 g/mol. The fourth-order valence-corrected chi connectivity index (χ4v) is 3.78. The van der Waals surface area contributed by atoms with Gasteiger partial charge in [-0.15, -0.1) is 0 Å². The van der Waals surface area contributed by atoms with Crippen LogP contribution in [0.4, 0.5) is 0 Å². The molecule has 1 fully saturated rings. The van der Waals surface area contributed by atoms with Crippen molar-refractivity contribution in [3.63, 3.8) is 0 Å². The summed E-state index contributed by atoms with van der Waals surface area (Å²) in [5.41, 5.74) is 1.79. The molecule has 2 aromatic rings. The van der Waals surface area contributed by atoms with Gasteiger partial charge in [0, 0.05) is 46.3 Å². The summed E-state index contributed by atoms with van der Waals surface area (Å²) in [5, 5.41) is 10.2. The highest BCUT2D eigenvalue weighted by Crippen LogP contribution is 2.23. The molecule has 0 spiro atoms. The normalized spacial score (nSPS) is 16.5. The van der Waals surface area contributed by atoms with Gasteiger partial charge in [0.1, 0.15) is 0 Å². The van der Waals surface area contributed by atoms with Gasteiger partial charge in [0.05, 0.1) is 18.2 Å². The summed E-state index contributed by atoms with van der Waals surface area (Å²) < 4.78 is 1.68. The second kappa shape index (κ2) is 9.01. The summed E-state index contributed by atoms with van der Waals surface area (Å²) in [4.78, 5) is 26.5. The van der Waals surface area contributed by atoms with E-state index in [1.807, 2.05) is 19.3 Å². The van der Waals surface area contributed by atoms with Crippen LogP contribution >= 0.6 is 0 Å². The molecule has 1 aromatic carbocycles. The van der Waals surface area contributed by atoms with Gasteiger partial charge in [0.2, 0.25) is 11.8 Å². The van der Waals surface area contributed by atoms with Crippen LogP contribution in [0.15, 0.2) is 42.7 Å².